The van der Waals surface area contributed by atoms with Crippen molar-refractivity contribution in [1.82, 2.24) is 5.32 Å². The Balaban J connectivity index is 2.45. The molecule has 5 heteroatoms. The highest BCUT2D eigenvalue weighted by Crippen LogP contribution is 2.30. The number of aryl methyl sites for hydroxylation is 3. The first-order valence-corrected chi connectivity index (χ1v) is 6.96. The third kappa shape index (κ3) is 2.63. The molecular formula is C16H20N2O3. The number of carbonyl (C=O) groups is 2. The number of hydrogen-bond acceptors (Lipinski definition) is 3. The van der Waals surface area contributed by atoms with Gasteiger partial charge in [0.25, 0.3) is 5.91 Å². The van der Waals surface area contributed by atoms with E-state index in [9.17, 15) is 9.59 Å². The number of carbonyl (C=O) groups excluding carboxylic acids is 2. The molecule has 0 spiro atoms. The molecule has 0 aliphatic carbocycles. The van der Waals surface area contributed by atoms with E-state index in [-0.39, 0.29) is 5.76 Å². The molecule has 0 saturated heterocycles. The van der Waals surface area contributed by atoms with Crippen molar-refractivity contribution in [3.63, 3.8) is 0 Å². The van der Waals surface area contributed by atoms with Crippen LogP contribution in [-0.2, 0) is 4.79 Å². The van der Waals surface area contributed by atoms with Gasteiger partial charge >= 0.3 is 0 Å². The van der Waals surface area contributed by atoms with Crippen molar-refractivity contribution in [3.8, 4) is 0 Å². The zero-order valence-electron chi connectivity index (χ0n) is 12.7. The molecule has 0 fully saturated rings. The average Bonchev–Trinajstić information content (AvgIpc) is 2.79. The van der Waals surface area contributed by atoms with E-state index in [0.29, 0.717) is 12.0 Å². The number of furan rings is 1. The summed E-state index contributed by atoms with van der Waals surface area (Å²) < 4.78 is 5.73. The molecular weight excluding hydrogens is 268 g/mol. The number of fused-ring (bicyclic) bond motifs is 1. The molecule has 1 aromatic heterocycles. The summed E-state index contributed by atoms with van der Waals surface area (Å²) in [5, 5.41) is 3.57. The number of nitrogens with one attached hydrogen (secondary N) is 1. The molecule has 1 heterocycles. The Morgan fingerprint density at radius 1 is 1.24 bits per heavy atom. The highest BCUT2D eigenvalue weighted by molar-refractivity contribution is 6.02. The van der Waals surface area contributed by atoms with E-state index in [1.807, 2.05) is 32.9 Å². The topological polar surface area (TPSA) is 85.3 Å². The maximum absolute atomic E-state index is 12.3. The lowest BCUT2D eigenvalue weighted by Gasteiger charge is -2.12. The minimum absolute atomic E-state index is 0.238. The molecule has 3 N–H and O–H groups in total. The molecule has 0 bridgehead atoms. The fourth-order valence-corrected chi connectivity index (χ4v) is 2.49. The lowest BCUT2D eigenvalue weighted by Crippen LogP contribution is -2.44. The van der Waals surface area contributed by atoms with E-state index in [4.69, 9.17) is 10.2 Å². The molecule has 5 nitrogen and oxygen atoms in total. The van der Waals surface area contributed by atoms with Crippen LogP contribution in [0.5, 0.6) is 0 Å². The fraction of sp³-hybridized carbons (Fsp3) is 0.375. The fourth-order valence-electron chi connectivity index (χ4n) is 2.49. The summed E-state index contributed by atoms with van der Waals surface area (Å²) in [7, 11) is 0. The van der Waals surface area contributed by atoms with Crippen LogP contribution in [0, 0.1) is 20.8 Å². The van der Waals surface area contributed by atoms with Crippen molar-refractivity contribution < 1.29 is 14.0 Å². The second kappa shape index (κ2) is 5.60. The molecule has 2 amide bonds. The predicted octanol–water partition coefficient (Wildman–Crippen LogP) is 2.35. The monoisotopic (exact) mass is 288 g/mol. The summed E-state index contributed by atoms with van der Waals surface area (Å²) in [6.45, 7) is 7.54. The van der Waals surface area contributed by atoms with E-state index in [0.717, 1.165) is 22.1 Å². The summed E-state index contributed by atoms with van der Waals surface area (Å²) in [4.78, 5) is 23.6. The first kappa shape index (κ1) is 15.1. The van der Waals surface area contributed by atoms with Gasteiger partial charge in [-0.25, -0.2) is 0 Å². The molecule has 0 saturated carbocycles. The van der Waals surface area contributed by atoms with Crippen LogP contribution in [0.2, 0.25) is 0 Å². The van der Waals surface area contributed by atoms with Crippen molar-refractivity contribution in [1.29, 1.82) is 0 Å². The Labute approximate surface area is 123 Å². The minimum Gasteiger partial charge on any atom is -0.450 e. The summed E-state index contributed by atoms with van der Waals surface area (Å²) >= 11 is 0. The maximum Gasteiger partial charge on any atom is 0.287 e. The summed E-state index contributed by atoms with van der Waals surface area (Å²) in [5.74, 6) is -0.720. The number of benzene rings is 1. The SMILES string of the molecule is CC[C@@H](NC(=O)c1oc2c(C)ccc(C)c2c1C)C(N)=O. The van der Waals surface area contributed by atoms with Crippen molar-refractivity contribution in [3.05, 3.63) is 34.6 Å². The van der Waals surface area contributed by atoms with Gasteiger partial charge in [-0.1, -0.05) is 19.1 Å². The van der Waals surface area contributed by atoms with E-state index in [1.54, 1.807) is 6.92 Å². The van der Waals surface area contributed by atoms with Crippen LogP contribution in [0.1, 0.15) is 40.6 Å². The minimum atomic E-state index is -0.688. The zero-order valence-corrected chi connectivity index (χ0v) is 12.7. The predicted molar refractivity (Wildman–Crippen MR) is 81.2 cm³/mol. The van der Waals surface area contributed by atoms with E-state index >= 15 is 0 Å². The van der Waals surface area contributed by atoms with Gasteiger partial charge in [0.2, 0.25) is 5.91 Å². The van der Waals surface area contributed by atoms with Crippen molar-refractivity contribution in [2.75, 3.05) is 0 Å². The smallest absolute Gasteiger partial charge is 0.287 e. The average molecular weight is 288 g/mol. The maximum atomic E-state index is 12.3. The van der Waals surface area contributed by atoms with Crippen molar-refractivity contribution >= 4 is 22.8 Å². The lowest BCUT2D eigenvalue weighted by atomic mass is 10.0. The van der Waals surface area contributed by atoms with Crippen LogP contribution in [0.15, 0.2) is 16.5 Å². The first-order chi connectivity index (χ1) is 9.86. The molecule has 1 aromatic carbocycles. The summed E-state index contributed by atoms with van der Waals surface area (Å²) in [6.07, 6.45) is 0.443. The zero-order chi connectivity index (χ0) is 15.7. The first-order valence-electron chi connectivity index (χ1n) is 6.96. The highest BCUT2D eigenvalue weighted by Gasteiger charge is 2.23. The lowest BCUT2D eigenvalue weighted by molar-refractivity contribution is -0.119. The van der Waals surface area contributed by atoms with Crippen LogP contribution >= 0.6 is 0 Å². The Kier molecular flexibility index (Phi) is 4.02. The third-order valence-electron chi connectivity index (χ3n) is 3.75. The van der Waals surface area contributed by atoms with Crippen molar-refractivity contribution in [2.45, 2.75) is 40.2 Å². The normalized spacial score (nSPS) is 12.4. The van der Waals surface area contributed by atoms with E-state index in [1.165, 1.54) is 0 Å². The number of hydrogen-bond donors (Lipinski definition) is 2. The number of primary amides is 1. The molecule has 0 aliphatic heterocycles. The van der Waals surface area contributed by atoms with Crippen LogP contribution in [0.3, 0.4) is 0 Å². The second-order valence-electron chi connectivity index (χ2n) is 5.30. The molecule has 2 aromatic rings. The largest absolute Gasteiger partial charge is 0.450 e. The van der Waals surface area contributed by atoms with Gasteiger partial charge < -0.3 is 15.5 Å². The van der Waals surface area contributed by atoms with Gasteiger partial charge in [0, 0.05) is 10.9 Å². The van der Waals surface area contributed by atoms with Crippen LogP contribution in [0.25, 0.3) is 11.0 Å². The molecule has 2 rings (SSSR count). The van der Waals surface area contributed by atoms with Gasteiger partial charge in [0.05, 0.1) is 0 Å². The number of rotatable bonds is 4. The van der Waals surface area contributed by atoms with Gasteiger partial charge in [-0.05, 0) is 38.3 Å². The van der Waals surface area contributed by atoms with Gasteiger partial charge in [-0.2, -0.15) is 0 Å². The molecule has 0 unspecified atom stereocenters. The van der Waals surface area contributed by atoms with Gasteiger partial charge in [0.1, 0.15) is 11.6 Å². The Morgan fingerprint density at radius 2 is 1.86 bits per heavy atom. The van der Waals surface area contributed by atoms with Gasteiger partial charge in [0.15, 0.2) is 5.76 Å². The Morgan fingerprint density at radius 3 is 2.38 bits per heavy atom. The molecule has 112 valence electrons. The second-order valence-corrected chi connectivity index (χ2v) is 5.30. The molecule has 0 aliphatic rings. The quantitative estimate of drug-likeness (QED) is 0.905. The van der Waals surface area contributed by atoms with E-state index in [2.05, 4.69) is 5.32 Å². The third-order valence-corrected chi connectivity index (χ3v) is 3.75. The molecule has 0 radical (unpaired) electrons. The van der Waals surface area contributed by atoms with Crippen molar-refractivity contribution in [2.24, 2.45) is 5.73 Å². The number of nitrogens with two attached hydrogens (primary N) is 1. The van der Waals surface area contributed by atoms with Gasteiger partial charge in [-0.3, -0.25) is 9.59 Å². The van der Waals surface area contributed by atoms with E-state index < -0.39 is 17.9 Å². The highest BCUT2D eigenvalue weighted by atomic mass is 16.3. The molecule has 1 atom stereocenters. The van der Waals surface area contributed by atoms with Crippen LogP contribution in [0.4, 0.5) is 0 Å². The Hall–Kier alpha value is -2.30. The van der Waals surface area contributed by atoms with Gasteiger partial charge in [-0.15, -0.1) is 0 Å². The standard InChI is InChI=1S/C16H20N2O3/c1-5-11(15(17)19)18-16(20)14-10(4)12-8(2)6-7-9(3)13(12)21-14/h6-7,11H,5H2,1-4H3,(H2,17,19)(H,18,20)/t11-/m1/s1. The molecule has 21 heavy (non-hydrogen) atoms. The van der Waals surface area contributed by atoms with Crippen LogP contribution in [-0.4, -0.2) is 17.9 Å². The number of amides is 2. The summed E-state index contributed by atoms with van der Waals surface area (Å²) in [6, 6.07) is 3.27. The summed E-state index contributed by atoms with van der Waals surface area (Å²) in [5.41, 5.74) is 8.77. The van der Waals surface area contributed by atoms with Crippen LogP contribution < -0.4 is 11.1 Å². The Bertz CT molecular complexity index is 716.